The lowest BCUT2D eigenvalue weighted by molar-refractivity contribution is -0.255. The molecule has 31 heavy (non-hydrogen) atoms. The Morgan fingerprint density at radius 3 is 2.39 bits per heavy atom. The van der Waals surface area contributed by atoms with Gasteiger partial charge >= 0.3 is 0 Å². The first kappa shape index (κ1) is 21.4. The van der Waals surface area contributed by atoms with Crippen LogP contribution in [0.15, 0.2) is 58.4 Å². The van der Waals surface area contributed by atoms with E-state index < -0.39 is 5.97 Å². The molecule has 4 rings (SSSR count). The maximum Gasteiger partial charge on any atom is 0.267 e. The van der Waals surface area contributed by atoms with Gasteiger partial charge in [-0.25, -0.2) is 4.99 Å². The summed E-state index contributed by atoms with van der Waals surface area (Å²) in [4.78, 5) is 31.6. The van der Waals surface area contributed by atoms with Gasteiger partial charge in [0.15, 0.2) is 5.17 Å². The molecule has 2 fully saturated rings. The average Bonchev–Trinajstić information content (AvgIpc) is 3.09. The number of thioether (sulfide) groups is 1. The van der Waals surface area contributed by atoms with Crippen LogP contribution in [-0.2, 0) is 11.2 Å². The number of carbonyl (C=O) groups excluding carboxylic acids is 2. The molecule has 160 valence electrons. The zero-order valence-corrected chi connectivity index (χ0v) is 18.4. The summed E-state index contributed by atoms with van der Waals surface area (Å²) in [6, 6.07) is 14.7. The van der Waals surface area contributed by atoms with Gasteiger partial charge < -0.3 is 9.90 Å². The fourth-order valence-electron chi connectivity index (χ4n) is 4.01. The van der Waals surface area contributed by atoms with Gasteiger partial charge in [0.25, 0.3) is 5.91 Å². The van der Waals surface area contributed by atoms with Gasteiger partial charge in [0.2, 0.25) is 0 Å². The van der Waals surface area contributed by atoms with Crippen LogP contribution in [0, 0.1) is 0 Å². The zero-order valence-electron chi connectivity index (χ0n) is 17.5. The molecule has 1 heterocycles. The monoisotopic (exact) mass is 433 g/mol. The molecule has 0 aromatic heterocycles. The van der Waals surface area contributed by atoms with Crippen LogP contribution in [0.2, 0.25) is 0 Å². The number of benzene rings is 2. The minimum absolute atomic E-state index is 0.0233. The summed E-state index contributed by atoms with van der Waals surface area (Å²) in [5.41, 5.74) is 2.99. The number of aliphatic imine (C=N–C) groups is 1. The van der Waals surface area contributed by atoms with Crippen molar-refractivity contribution in [2.75, 3.05) is 0 Å². The number of amidine groups is 1. The molecule has 0 bridgehead atoms. The highest BCUT2D eigenvalue weighted by molar-refractivity contribution is 8.18. The molecular formula is C25H25N2O3S-. The Balaban J connectivity index is 1.65. The number of carboxylic acids is 1. The number of hydrogen-bond donors (Lipinski definition) is 0. The van der Waals surface area contributed by atoms with Gasteiger partial charge in [-0.3, -0.25) is 9.69 Å². The fourth-order valence-corrected chi connectivity index (χ4v) is 5.07. The summed E-state index contributed by atoms with van der Waals surface area (Å²) < 4.78 is 0. The SMILES string of the molecule is CCc1ccc(N=C2S/C(=C/c3ccc(C(=O)[O-])cc3)C(=O)N2C2CCCCC2)cc1. The number of aromatic carboxylic acids is 1. The first-order chi connectivity index (χ1) is 15.0. The second kappa shape index (κ2) is 9.52. The van der Waals surface area contributed by atoms with E-state index in [1.54, 1.807) is 12.1 Å². The number of hydrogen-bond acceptors (Lipinski definition) is 5. The summed E-state index contributed by atoms with van der Waals surface area (Å²) in [5, 5.41) is 11.7. The highest BCUT2D eigenvalue weighted by atomic mass is 32.2. The summed E-state index contributed by atoms with van der Waals surface area (Å²) in [7, 11) is 0. The Bertz CT molecular complexity index is 1020. The van der Waals surface area contributed by atoms with Crippen molar-refractivity contribution in [3.8, 4) is 0 Å². The minimum atomic E-state index is -1.21. The van der Waals surface area contributed by atoms with Crippen molar-refractivity contribution < 1.29 is 14.7 Å². The van der Waals surface area contributed by atoms with Gasteiger partial charge in [-0.2, -0.15) is 0 Å². The predicted molar refractivity (Wildman–Crippen MR) is 123 cm³/mol. The van der Waals surface area contributed by atoms with Gasteiger partial charge in [0.1, 0.15) is 0 Å². The Morgan fingerprint density at radius 1 is 1.10 bits per heavy atom. The van der Waals surface area contributed by atoms with Crippen molar-refractivity contribution in [3.63, 3.8) is 0 Å². The van der Waals surface area contributed by atoms with E-state index >= 15 is 0 Å². The van der Waals surface area contributed by atoms with E-state index in [1.807, 2.05) is 23.1 Å². The van der Waals surface area contributed by atoms with Crippen LogP contribution in [0.4, 0.5) is 5.69 Å². The normalized spacial score (nSPS) is 20.0. The lowest BCUT2D eigenvalue weighted by Crippen LogP contribution is -2.40. The van der Waals surface area contributed by atoms with Gasteiger partial charge in [0, 0.05) is 6.04 Å². The molecule has 1 amide bonds. The predicted octanol–water partition coefficient (Wildman–Crippen LogP) is 4.55. The van der Waals surface area contributed by atoms with E-state index in [0.717, 1.165) is 48.5 Å². The van der Waals surface area contributed by atoms with Crippen LogP contribution in [0.25, 0.3) is 6.08 Å². The molecule has 2 aromatic rings. The quantitative estimate of drug-likeness (QED) is 0.649. The van der Waals surface area contributed by atoms with Crippen LogP contribution in [0.5, 0.6) is 0 Å². The van der Waals surface area contributed by atoms with Crippen LogP contribution >= 0.6 is 11.8 Å². The van der Waals surface area contributed by atoms with Crippen molar-refractivity contribution in [3.05, 3.63) is 70.1 Å². The third kappa shape index (κ3) is 4.90. The Morgan fingerprint density at radius 2 is 1.77 bits per heavy atom. The Hall–Kier alpha value is -2.86. The zero-order chi connectivity index (χ0) is 21.8. The molecular weight excluding hydrogens is 408 g/mol. The maximum atomic E-state index is 13.3. The highest BCUT2D eigenvalue weighted by Gasteiger charge is 2.38. The molecule has 1 aliphatic heterocycles. The number of carboxylic acid groups (broad SMARTS) is 1. The fraction of sp³-hybridized carbons (Fsp3) is 0.320. The molecule has 1 saturated heterocycles. The Labute approximate surface area is 186 Å². The smallest absolute Gasteiger partial charge is 0.267 e. The van der Waals surface area contributed by atoms with Crippen LogP contribution in [0.1, 0.15) is 60.5 Å². The summed E-state index contributed by atoms with van der Waals surface area (Å²) >= 11 is 1.39. The molecule has 6 heteroatoms. The lowest BCUT2D eigenvalue weighted by Gasteiger charge is -2.30. The standard InChI is InChI=1S/C25H26N2O3S/c1-2-17-10-14-20(15-11-17)26-25-27(21-6-4-3-5-7-21)23(28)22(31-25)16-18-8-12-19(13-9-18)24(29)30/h8-16,21H,2-7H2,1H3,(H,29,30)/p-1/b22-16+,26-25?. The van der Waals surface area contributed by atoms with Crippen LogP contribution in [0.3, 0.4) is 0 Å². The third-order valence-corrected chi connectivity index (χ3v) is 6.77. The number of carbonyl (C=O) groups is 2. The van der Waals surface area contributed by atoms with E-state index in [9.17, 15) is 14.7 Å². The third-order valence-electron chi connectivity index (χ3n) is 5.79. The molecule has 0 atom stereocenters. The topological polar surface area (TPSA) is 72.8 Å². The van der Waals surface area contributed by atoms with E-state index in [2.05, 4.69) is 19.1 Å². The van der Waals surface area contributed by atoms with E-state index in [1.165, 1.54) is 35.9 Å². The van der Waals surface area contributed by atoms with E-state index in [0.29, 0.717) is 4.91 Å². The van der Waals surface area contributed by atoms with Gasteiger partial charge in [-0.15, -0.1) is 0 Å². The number of nitrogens with zero attached hydrogens (tertiary/aromatic N) is 2. The molecule has 2 aromatic carbocycles. The van der Waals surface area contributed by atoms with Gasteiger partial charge in [-0.05, 0) is 65.9 Å². The number of rotatable bonds is 5. The second-order valence-corrected chi connectivity index (χ2v) is 8.91. The molecule has 5 nitrogen and oxygen atoms in total. The van der Waals surface area contributed by atoms with Gasteiger partial charge in [-0.1, -0.05) is 62.6 Å². The summed E-state index contributed by atoms with van der Waals surface area (Å²) in [6.07, 6.45) is 8.24. The number of amides is 1. The molecule has 0 N–H and O–H groups in total. The summed E-state index contributed by atoms with van der Waals surface area (Å²) in [5.74, 6) is -1.23. The van der Waals surface area contributed by atoms with Crippen LogP contribution < -0.4 is 5.11 Å². The molecule has 1 aliphatic carbocycles. The number of aryl methyl sites for hydroxylation is 1. The van der Waals surface area contributed by atoms with Crippen molar-refractivity contribution in [1.29, 1.82) is 0 Å². The molecule has 1 saturated carbocycles. The minimum Gasteiger partial charge on any atom is -0.545 e. The van der Waals surface area contributed by atoms with E-state index in [-0.39, 0.29) is 17.5 Å². The first-order valence-electron chi connectivity index (χ1n) is 10.8. The van der Waals surface area contributed by atoms with Crippen molar-refractivity contribution in [2.45, 2.75) is 51.5 Å². The van der Waals surface area contributed by atoms with E-state index in [4.69, 9.17) is 4.99 Å². The lowest BCUT2D eigenvalue weighted by atomic mass is 9.94. The van der Waals surface area contributed by atoms with Crippen molar-refractivity contribution in [1.82, 2.24) is 4.90 Å². The average molecular weight is 434 g/mol. The highest BCUT2D eigenvalue weighted by Crippen LogP contribution is 2.38. The van der Waals surface area contributed by atoms with Crippen molar-refractivity contribution >= 4 is 40.6 Å². The van der Waals surface area contributed by atoms with Gasteiger partial charge in [0.05, 0.1) is 16.6 Å². The molecule has 2 aliphatic rings. The molecule has 0 unspecified atom stereocenters. The maximum absolute atomic E-state index is 13.3. The van der Waals surface area contributed by atoms with Crippen LogP contribution in [-0.4, -0.2) is 28.0 Å². The molecule has 0 spiro atoms. The second-order valence-electron chi connectivity index (χ2n) is 7.90. The molecule has 0 radical (unpaired) electrons. The summed E-state index contributed by atoms with van der Waals surface area (Å²) in [6.45, 7) is 2.12. The first-order valence-corrected chi connectivity index (χ1v) is 11.6. The van der Waals surface area contributed by atoms with Crippen molar-refractivity contribution in [2.24, 2.45) is 4.99 Å². The Kier molecular flexibility index (Phi) is 6.56. The largest absolute Gasteiger partial charge is 0.545 e.